The zero-order valence-electron chi connectivity index (χ0n) is 15.7. The molecule has 1 saturated carbocycles. The highest BCUT2D eigenvalue weighted by atomic mass is 16.5. The van der Waals surface area contributed by atoms with E-state index in [2.05, 4.69) is 10.2 Å². The molecule has 6 heteroatoms. The highest BCUT2D eigenvalue weighted by Crippen LogP contribution is 2.49. The van der Waals surface area contributed by atoms with Crippen LogP contribution >= 0.6 is 0 Å². The molecule has 6 nitrogen and oxygen atoms in total. The van der Waals surface area contributed by atoms with Gasteiger partial charge in [-0.3, -0.25) is 9.59 Å². The van der Waals surface area contributed by atoms with Gasteiger partial charge in [-0.2, -0.15) is 0 Å². The first kappa shape index (κ1) is 18.3. The third-order valence-electron chi connectivity index (χ3n) is 6.44. The van der Waals surface area contributed by atoms with Crippen LogP contribution in [0.15, 0.2) is 24.3 Å². The van der Waals surface area contributed by atoms with Crippen LogP contribution in [-0.4, -0.2) is 54.2 Å². The lowest BCUT2D eigenvalue weighted by Gasteiger charge is -2.35. The number of fused-ring (bicyclic) bond motifs is 3. The van der Waals surface area contributed by atoms with Crippen LogP contribution in [0.2, 0.25) is 0 Å². The van der Waals surface area contributed by atoms with Gasteiger partial charge in [-0.15, -0.1) is 0 Å². The van der Waals surface area contributed by atoms with Crippen LogP contribution in [0.4, 0.5) is 0 Å². The summed E-state index contributed by atoms with van der Waals surface area (Å²) < 4.78 is 5.79. The summed E-state index contributed by atoms with van der Waals surface area (Å²) in [6.45, 7) is 1.86. The van der Waals surface area contributed by atoms with E-state index in [1.807, 2.05) is 24.3 Å². The lowest BCUT2D eigenvalue weighted by atomic mass is 9.73. The molecule has 3 aliphatic rings. The molecule has 0 unspecified atom stereocenters. The number of carboxylic acids is 1. The van der Waals surface area contributed by atoms with E-state index in [0.717, 1.165) is 24.2 Å². The summed E-state index contributed by atoms with van der Waals surface area (Å²) in [5.41, 5.74) is 0.0501. The Kier molecular flexibility index (Phi) is 5.08. The number of carbonyl (C=O) groups excluding carboxylic acids is 1. The molecule has 1 amide bonds. The number of nitrogens with one attached hydrogen (secondary N) is 1. The second-order valence-corrected chi connectivity index (χ2v) is 8.23. The van der Waals surface area contributed by atoms with Crippen molar-refractivity contribution in [1.82, 2.24) is 10.2 Å². The van der Waals surface area contributed by atoms with Gasteiger partial charge in [0.05, 0.1) is 0 Å². The molecule has 27 heavy (non-hydrogen) atoms. The Morgan fingerprint density at radius 2 is 2.00 bits per heavy atom. The molecule has 1 aromatic carbocycles. The number of aliphatic carboxylic acids is 1. The SMILES string of the molecule is O=C(CCN1C[C@@H]2c3ccccc3OC[C@]2(C(=O)O)C1)NC1CCCCC1. The number of nitrogens with zero attached hydrogens (tertiary/aromatic N) is 1. The van der Waals surface area contributed by atoms with Gasteiger partial charge < -0.3 is 20.1 Å². The molecule has 2 fully saturated rings. The Balaban J connectivity index is 1.40. The van der Waals surface area contributed by atoms with E-state index in [1.54, 1.807) is 0 Å². The lowest BCUT2D eigenvalue weighted by Crippen LogP contribution is -2.45. The number of likely N-dealkylation sites (tertiary alicyclic amines) is 1. The van der Waals surface area contributed by atoms with E-state index in [-0.39, 0.29) is 18.4 Å². The number of rotatable bonds is 5. The molecule has 146 valence electrons. The molecule has 0 aromatic heterocycles. The van der Waals surface area contributed by atoms with Crippen LogP contribution in [-0.2, 0) is 9.59 Å². The van der Waals surface area contributed by atoms with Crippen LogP contribution in [0.3, 0.4) is 0 Å². The molecular formula is C21H28N2O4. The van der Waals surface area contributed by atoms with Crippen molar-refractivity contribution in [1.29, 1.82) is 0 Å². The van der Waals surface area contributed by atoms with Gasteiger partial charge in [0.15, 0.2) is 0 Å². The van der Waals surface area contributed by atoms with Crippen molar-refractivity contribution in [3.8, 4) is 5.75 Å². The molecule has 0 spiro atoms. The number of benzene rings is 1. The number of para-hydroxylation sites is 1. The quantitative estimate of drug-likeness (QED) is 0.830. The largest absolute Gasteiger partial charge is 0.492 e. The first-order valence-corrected chi connectivity index (χ1v) is 10.1. The number of carboxylic acid groups (broad SMARTS) is 1. The Morgan fingerprint density at radius 3 is 2.78 bits per heavy atom. The highest BCUT2D eigenvalue weighted by molar-refractivity contribution is 5.79. The molecular weight excluding hydrogens is 344 g/mol. The van der Waals surface area contributed by atoms with Crippen molar-refractivity contribution in [3.63, 3.8) is 0 Å². The minimum atomic E-state index is -0.922. The summed E-state index contributed by atoms with van der Waals surface area (Å²) in [5.74, 6) is -0.0356. The predicted molar refractivity (Wildman–Crippen MR) is 101 cm³/mol. The average molecular weight is 372 g/mol. The van der Waals surface area contributed by atoms with Crippen molar-refractivity contribution in [2.24, 2.45) is 5.41 Å². The normalized spacial score (nSPS) is 28.1. The van der Waals surface area contributed by atoms with Gasteiger partial charge in [0.2, 0.25) is 5.91 Å². The Morgan fingerprint density at radius 1 is 1.22 bits per heavy atom. The van der Waals surface area contributed by atoms with E-state index in [4.69, 9.17) is 4.74 Å². The monoisotopic (exact) mass is 372 g/mol. The number of hydrogen-bond donors (Lipinski definition) is 2. The minimum Gasteiger partial charge on any atom is -0.492 e. The Hall–Kier alpha value is -2.08. The first-order valence-electron chi connectivity index (χ1n) is 10.1. The lowest BCUT2D eigenvalue weighted by molar-refractivity contribution is -0.151. The smallest absolute Gasteiger partial charge is 0.315 e. The average Bonchev–Trinajstić information content (AvgIpc) is 3.08. The summed E-state index contributed by atoms with van der Waals surface area (Å²) in [4.78, 5) is 26.6. The van der Waals surface area contributed by atoms with Gasteiger partial charge in [0.25, 0.3) is 0 Å². The Labute approximate surface area is 159 Å². The van der Waals surface area contributed by atoms with E-state index in [1.165, 1.54) is 19.3 Å². The zero-order chi connectivity index (χ0) is 18.9. The number of carbonyl (C=O) groups is 2. The van der Waals surface area contributed by atoms with Crippen LogP contribution in [0.5, 0.6) is 5.75 Å². The molecule has 1 saturated heterocycles. The highest BCUT2D eigenvalue weighted by Gasteiger charge is 2.56. The predicted octanol–water partition coefficient (Wildman–Crippen LogP) is 2.39. The topological polar surface area (TPSA) is 78.9 Å². The molecule has 1 aromatic rings. The summed E-state index contributed by atoms with van der Waals surface area (Å²) in [6.07, 6.45) is 6.23. The zero-order valence-corrected chi connectivity index (χ0v) is 15.7. The van der Waals surface area contributed by atoms with Crippen LogP contribution < -0.4 is 10.1 Å². The summed E-state index contributed by atoms with van der Waals surface area (Å²) >= 11 is 0. The fourth-order valence-electron chi connectivity index (χ4n) is 4.91. The van der Waals surface area contributed by atoms with Crippen molar-refractivity contribution in [3.05, 3.63) is 29.8 Å². The fraction of sp³-hybridized carbons (Fsp3) is 0.619. The maximum absolute atomic E-state index is 12.3. The summed E-state index contributed by atoms with van der Waals surface area (Å²) in [6, 6.07) is 8.03. The maximum atomic E-state index is 12.3. The third-order valence-corrected chi connectivity index (χ3v) is 6.44. The molecule has 2 aliphatic heterocycles. The van der Waals surface area contributed by atoms with Gasteiger partial charge >= 0.3 is 5.97 Å². The molecule has 2 heterocycles. The van der Waals surface area contributed by atoms with Crippen molar-refractivity contribution < 1.29 is 19.4 Å². The molecule has 2 atom stereocenters. The minimum absolute atomic E-state index is 0.0813. The second-order valence-electron chi connectivity index (χ2n) is 8.23. The number of ether oxygens (including phenoxy) is 1. The first-order chi connectivity index (χ1) is 13.1. The fourth-order valence-corrected chi connectivity index (χ4v) is 4.91. The van der Waals surface area contributed by atoms with Crippen molar-refractivity contribution in [2.45, 2.75) is 50.5 Å². The number of amides is 1. The maximum Gasteiger partial charge on any atom is 0.315 e. The van der Waals surface area contributed by atoms with E-state index in [0.29, 0.717) is 32.1 Å². The van der Waals surface area contributed by atoms with Gasteiger partial charge in [-0.25, -0.2) is 0 Å². The summed E-state index contributed by atoms with van der Waals surface area (Å²) in [5, 5.41) is 13.1. The molecule has 2 N–H and O–H groups in total. The van der Waals surface area contributed by atoms with E-state index >= 15 is 0 Å². The van der Waals surface area contributed by atoms with Crippen LogP contribution in [0, 0.1) is 5.41 Å². The van der Waals surface area contributed by atoms with E-state index < -0.39 is 11.4 Å². The van der Waals surface area contributed by atoms with Gasteiger partial charge in [0, 0.05) is 38.0 Å². The second kappa shape index (κ2) is 7.50. The van der Waals surface area contributed by atoms with Crippen molar-refractivity contribution >= 4 is 11.9 Å². The van der Waals surface area contributed by atoms with E-state index in [9.17, 15) is 14.7 Å². The van der Waals surface area contributed by atoms with Gasteiger partial charge in [0.1, 0.15) is 17.8 Å². The number of hydrogen-bond acceptors (Lipinski definition) is 4. The van der Waals surface area contributed by atoms with Crippen LogP contribution in [0.1, 0.15) is 50.0 Å². The Bertz CT molecular complexity index is 716. The third kappa shape index (κ3) is 3.55. The molecule has 0 radical (unpaired) electrons. The molecule has 0 bridgehead atoms. The van der Waals surface area contributed by atoms with Crippen molar-refractivity contribution in [2.75, 3.05) is 26.2 Å². The summed E-state index contributed by atoms with van der Waals surface area (Å²) in [7, 11) is 0. The van der Waals surface area contributed by atoms with Crippen LogP contribution in [0.25, 0.3) is 0 Å². The van der Waals surface area contributed by atoms with Gasteiger partial charge in [-0.05, 0) is 24.5 Å². The van der Waals surface area contributed by atoms with Gasteiger partial charge in [-0.1, -0.05) is 37.5 Å². The molecule has 1 aliphatic carbocycles. The molecule has 4 rings (SSSR count). The standard InChI is InChI=1S/C21H28N2O4/c24-19(22-15-6-2-1-3-7-15)10-11-23-12-17-16-8-4-5-9-18(16)27-14-21(17,13-23)20(25)26/h4-5,8-9,15,17H,1-3,6-7,10-14H2,(H,22,24)(H,25,26)/t17-,21-/m1/s1.